The molecule has 1 unspecified atom stereocenters. The predicted molar refractivity (Wildman–Crippen MR) is 83.5 cm³/mol. The molecule has 1 fully saturated rings. The molecule has 0 saturated heterocycles. The highest BCUT2D eigenvalue weighted by Crippen LogP contribution is 2.26. The Labute approximate surface area is 118 Å². The molecule has 0 heterocycles. The van der Waals surface area contributed by atoms with Crippen molar-refractivity contribution in [1.29, 1.82) is 0 Å². The summed E-state index contributed by atoms with van der Waals surface area (Å²) in [5.74, 6) is 0.979. The van der Waals surface area contributed by atoms with Gasteiger partial charge in [-0.1, -0.05) is 61.4 Å². The molecule has 1 atom stereocenters. The van der Waals surface area contributed by atoms with E-state index in [-0.39, 0.29) is 0 Å². The number of aryl methyl sites for hydroxylation is 2. The SMILES string of the molecule is Cc1cc(C)cc(C(C)NCCC2CCCCC2)c1. The second-order valence-electron chi connectivity index (χ2n) is 6.39. The van der Waals surface area contributed by atoms with Crippen LogP contribution in [0.2, 0.25) is 0 Å². The van der Waals surface area contributed by atoms with Gasteiger partial charge in [0.15, 0.2) is 0 Å². The number of hydrogen-bond donors (Lipinski definition) is 1. The highest BCUT2D eigenvalue weighted by Gasteiger charge is 2.13. The van der Waals surface area contributed by atoms with Gasteiger partial charge in [-0.25, -0.2) is 0 Å². The van der Waals surface area contributed by atoms with Gasteiger partial charge in [0.25, 0.3) is 0 Å². The fourth-order valence-corrected chi connectivity index (χ4v) is 3.36. The van der Waals surface area contributed by atoms with Crippen molar-refractivity contribution in [3.8, 4) is 0 Å². The van der Waals surface area contributed by atoms with E-state index in [1.807, 2.05) is 0 Å². The summed E-state index contributed by atoms with van der Waals surface area (Å²) in [5, 5.41) is 3.70. The first-order valence-corrected chi connectivity index (χ1v) is 7.97. The molecule has 1 saturated carbocycles. The van der Waals surface area contributed by atoms with Gasteiger partial charge in [0.05, 0.1) is 0 Å². The van der Waals surface area contributed by atoms with E-state index in [1.165, 1.54) is 61.8 Å². The Morgan fingerprint density at radius 2 is 1.68 bits per heavy atom. The molecule has 0 amide bonds. The summed E-state index contributed by atoms with van der Waals surface area (Å²) in [6.07, 6.45) is 8.64. The van der Waals surface area contributed by atoms with Crippen molar-refractivity contribution in [2.24, 2.45) is 5.92 Å². The Hall–Kier alpha value is -0.820. The fourth-order valence-electron chi connectivity index (χ4n) is 3.36. The second-order valence-corrected chi connectivity index (χ2v) is 6.39. The lowest BCUT2D eigenvalue weighted by molar-refractivity contribution is 0.329. The van der Waals surface area contributed by atoms with Crippen LogP contribution in [0.15, 0.2) is 18.2 Å². The van der Waals surface area contributed by atoms with Crippen LogP contribution in [0, 0.1) is 19.8 Å². The molecular weight excluding hydrogens is 230 g/mol. The van der Waals surface area contributed by atoms with Gasteiger partial charge in [-0.15, -0.1) is 0 Å². The number of rotatable bonds is 5. The first-order chi connectivity index (χ1) is 9.15. The van der Waals surface area contributed by atoms with Crippen LogP contribution in [0.5, 0.6) is 0 Å². The molecule has 19 heavy (non-hydrogen) atoms. The zero-order valence-corrected chi connectivity index (χ0v) is 12.8. The molecule has 1 N–H and O–H groups in total. The molecule has 1 heteroatoms. The Morgan fingerprint density at radius 1 is 1.05 bits per heavy atom. The standard InChI is InChI=1S/C18H29N/c1-14-11-15(2)13-18(12-14)16(3)19-10-9-17-7-5-4-6-8-17/h11-13,16-17,19H,4-10H2,1-3H3. The first-order valence-electron chi connectivity index (χ1n) is 7.97. The molecule has 0 spiro atoms. The van der Waals surface area contributed by atoms with E-state index in [1.54, 1.807) is 0 Å². The lowest BCUT2D eigenvalue weighted by Crippen LogP contribution is -2.22. The lowest BCUT2D eigenvalue weighted by atomic mass is 9.87. The van der Waals surface area contributed by atoms with Gasteiger partial charge in [-0.3, -0.25) is 0 Å². The topological polar surface area (TPSA) is 12.0 Å². The van der Waals surface area contributed by atoms with Crippen molar-refractivity contribution >= 4 is 0 Å². The van der Waals surface area contributed by atoms with Crippen molar-refractivity contribution in [1.82, 2.24) is 5.32 Å². The normalized spacial score (nSPS) is 18.5. The fraction of sp³-hybridized carbons (Fsp3) is 0.667. The third-order valence-electron chi connectivity index (χ3n) is 4.47. The van der Waals surface area contributed by atoms with Gasteiger partial charge < -0.3 is 5.32 Å². The third-order valence-corrected chi connectivity index (χ3v) is 4.47. The zero-order valence-electron chi connectivity index (χ0n) is 12.8. The Kier molecular flexibility index (Phi) is 5.45. The van der Waals surface area contributed by atoms with Gasteiger partial charge in [-0.2, -0.15) is 0 Å². The van der Waals surface area contributed by atoms with E-state index >= 15 is 0 Å². The summed E-state index contributed by atoms with van der Waals surface area (Å²) in [5.41, 5.74) is 4.17. The van der Waals surface area contributed by atoms with Crippen LogP contribution in [0.3, 0.4) is 0 Å². The lowest BCUT2D eigenvalue weighted by Gasteiger charge is -2.23. The summed E-state index contributed by atoms with van der Waals surface area (Å²) >= 11 is 0. The average molecular weight is 259 g/mol. The average Bonchev–Trinajstić information content (AvgIpc) is 2.38. The van der Waals surface area contributed by atoms with E-state index in [0.29, 0.717) is 6.04 Å². The second kappa shape index (κ2) is 7.09. The van der Waals surface area contributed by atoms with E-state index in [0.717, 1.165) is 5.92 Å². The zero-order chi connectivity index (χ0) is 13.7. The predicted octanol–water partition coefficient (Wildman–Crippen LogP) is 4.92. The molecule has 1 aliphatic carbocycles. The molecule has 0 radical (unpaired) electrons. The first kappa shape index (κ1) is 14.6. The van der Waals surface area contributed by atoms with Crippen LogP contribution in [0.1, 0.15) is 68.2 Å². The van der Waals surface area contributed by atoms with Crippen LogP contribution < -0.4 is 5.32 Å². The van der Waals surface area contributed by atoms with E-state index in [2.05, 4.69) is 44.3 Å². The number of hydrogen-bond acceptors (Lipinski definition) is 1. The van der Waals surface area contributed by atoms with Gasteiger partial charge in [-0.05, 0) is 45.2 Å². The monoisotopic (exact) mass is 259 g/mol. The molecule has 0 aliphatic heterocycles. The third kappa shape index (κ3) is 4.65. The van der Waals surface area contributed by atoms with Crippen LogP contribution in [-0.4, -0.2) is 6.54 Å². The van der Waals surface area contributed by atoms with Crippen molar-refractivity contribution in [2.75, 3.05) is 6.54 Å². The smallest absolute Gasteiger partial charge is 0.0291 e. The molecule has 0 bridgehead atoms. The van der Waals surface area contributed by atoms with Crippen LogP contribution in [0.4, 0.5) is 0 Å². The van der Waals surface area contributed by atoms with Crippen LogP contribution >= 0.6 is 0 Å². The maximum absolute atomic E-state index is 3.70. The van der Waals surface area contributed by atoms with Crippen molar-refractivity contribution in [3.05, 3.63) is 34.9 Å². The summed E-state index contributed by atoms with van der Waals surface area (Å²) in [6.45, 7) is 7.82. The molecular formula is C18H29N. The van der Waals surface area contributed by atoms with E-state index in [9.17, 15) is 0 Å². The molecule has 1 aliphatic rings. The molecule has 106 valence electrons. The summed E-state index contributed by atoms with van der Waals surface area (Å²) in [4.78, 5) is 0. The molecule has 1 aromatic carbocycles. The minimum atomic E-state index is 0.474. The Morgan fingerprint density at radius 3 is 2.32 bits per heavy atom. The van der Waals surface area contributed by atoms with E-state index < -0.39 is 0 Å². The summed E-state index contributed by atoms with van der Waals surface area (Å²) < 4.78 is 0. The van der Waals surface area contributed by atoms with Gasteiger partial charge in [0.2, 0.25) is 0 Å². The van der Waals surface area contributed by atoms with Crippen molar-refractivity contribution in [2.45, 2.75) is 65.3 Å². The van der Waals surface area contributed by atoms with E-state index in [4.69, 9.17) is 0 Å². The summed E-state index contributed by atoms with van der Waals surface area (Å²) in [7, 11) is 0. The van der Waals surface area contributed by atoms with Crippen molar-refractivity contribution in [3.63, 3.8) is 0 Å². The molecule has 1 aromatic rings. The minimum Gasteiger partial charge on any atom is -0.310 e. The maximum Gasteiger partial charge on any atom is 0.0291 e. The van der Waals surface area contributed by atoms with Gasteiger partial charge >= 0.3 is 0 Å². The highest BCUT2D eigenvalue weighted by molar-refractivity contribution is 5.30. The maximum atomic E-state index is 3.70. The molecule has 2 rings (SSSR count). The van der Waals surface area contributed by atoms with Gasteiger partial charge in [0, 0.05) is 6.04 Å². The quantitative estimate of drug-likeness (QED) is 0.791. The highest BCUT2D eigenvalue weighted by atomic mass is 14.9. The number of benzene rings is 1. The van der Waals surface area contributed by atoms with Crippen molar-refractivity contribution < 1.29 is 0 Å². The summed E-state index contributed by atoms with van der Waals surface area (Å²) in [6, 6.07) is 7.34. The van der Waals surface area contributed by atoms with Crippen LogP contribution in [0.25, 0.3) is 0 Å². The van der Waals surface area contributed by atoms with Gasteiger partial charge in [0.1, 0.15) is 0 Å². The number of nitrogens with one attached hydrogen (secondary N) is 1. The largest absolute Gasteiger partial charge is 0.310 e. The minimum absolute atomic E-state index is 0.474. The Bertz CT molecular complexity index is 370. The molecule has 1 nitrogen and oxygen atoms in total. The Balaban J connectivity index is 1.78. The van der Waals surface area contributed by atoms with Crippen LogP contribution in [-0.2, 0) is 0 Å². The molecule has 0 aromatic heterocycles.